The molecule has 5 nitrogen and oxygen atoms in total. The van der Waals surface area contributed by atoms with Crippen LogP contribution in [0.1, 0.15) is 23.0 Å². The smallest absolute Gasteiger partial charge is 0.337 e. The van der Waals surface area contributed by atoms with Gasteiger partial charge in [-0.3, -0.25) is 4.98 Å². The summed E-state index contributed by atoms with van der Waals surface area (Å²) in [5.41, 5.74) is -0.142. The zero-order valence-electron chi connectivity index (χ0n) is 10.5. The van der Waals surface area contributed by atoms with E-state index < -0.39 is 11.6 Å². The molecule has 0 fully saturated rings. The highest BCUT2D eigenvalue weighted by Crippen LogP contribution is 2.10. The van der Waals surface area contributed by atoms with E-state index in [1.807, 2.05) is 6.26 Å². The number of carboxylic acids is 1. The van der Waals surface area contributed by atoms with Gasteiger partial charge in [0.15, 0.2) is 0 Å². The van der Waals surface area contributed by atoms with Gasteiger partial charge < -0.3 is 15.5 Å². The third-order valence-electron chi connectivity index (χ3n) is 2.37. The van der Waals surface area contributed by atoms with E-state index in [0.29, 0.717) is 24.5 Å². The van der Waals surface area contributed by atoms with Crippen LogP contribution < -0.4 is 5.32 Å². The van der Waals surface area contributed by atoms with Crippen LogP contribution in [0.3, 0.4) is 0 Å². The van der Waals surface area contributed by atoms with Crippen LogP contribution in [0.15, 0.2) is 18.3 Å². The highest BCUT2D eigenvalue weighted by molar-refractivity contribution is 7.98. The molecule has 6 heteroatoms. The molecule has 1 atom stereocenters. The number of carbonyl (C=O) groups is 1. The first-order valence-electron chi connectivity index (χ1n) is 5.55. The molecular formula is C12H18N2O3S. The average molecular weight is 270 g/mol. The van der Waals surface area contributed by atoms with Crippen molar-refractivity contribution in [1.29, 1.82) is 0 Å². The van der Waals surface area contributed by atoms with E-state index in [-0.39, 0.29) is 5.56 Å². The number of rotatable bonds is 7. The zero-order chi connectivity index (χ0) is 13.6. The van der Waals surface area contributed by atoms with E-state index >= 15 is 0 Å². The second-order valence-electron chi connectivity index (χ2n) is 4.34. The largest absolute Gasteiger partial charge is 0.478 e. The van der Waals surface area contributed by atoms with E-state index in [0.717, 1.165) is 0 Å². The van der Waals surface area contributed by atoms with Crippen molar-refractivity contribution in [3.05, 3.63) is 29.6 Å². The van der Waals surface area contributed by atoms with Crippen molar-refractivity contribution in [2.24, 2.45) is 0 Å². The Morgan fingerprint density at radius 2 is 2.33 bits per heavy atom. The molecule has 0 aliphatic rings. The van der Waals surface area contributed by atoms with E-state index in [1.165, 1.54) is 6.07 Å². The lowest BCUT2D eigenvalue weighted by Gasteiger charge is -2.22. The van der Waals surface area contributed by atoms with Gasteiger partial charge >= 0.3 is 5.97 Å². The van der Waals surface area contributed by atoms with Gasteiger partial charge in [0.05, 0.1) is 16.9 Å². The van der Waals surface area contributed by atoms with Crippen molar-refractivity contribution in [3.63, 3.8) is 0 Å². The van der Waals surface area contributed by atoms with E-state index in [4.69, 9.17) is 5.11 Å². The van der Waals surface area contributed by atoms with Gasteiger partial charge in [0.1, 0.15) is 0 Å². The Balaban J connectivity index is 2.56. The highest BCUT2D eigenvalue weighted by atomic mass is 32.2. The molecule has 0 saturated carbocycles. The normalized spacial score (nSPS) is 14.2. The Labute approximate surface area is 111 Å². The van der Waals surface area contributed by atoms with Crippen molar-refractivity contribution < 1.29 is 15.0 Å². The molecule has 1 rings (SSSR count). The number of aliphatic hydroxyl groups is 1. The number of carboxylic acid groups (broad SMARTS) is 1. The summed E-state index contributed by atoms with van der Waals surface area (Å²) >= 11 is 1.56. The number of hydrogen-bond donors (Lipinski definition) is 3. The van der Waals surface area contributed by atoms with Crippen molar-refractivity contribution in [1.82, 2.24) is 10.3 Å². The van der Waals surface area contributed by atoms with E-state index in [2.05, 4.69) is 10.3 Å². The predicted molar refractivity (Wildman–Crippen MR) is 71.9 cm³/mol. The second-order valence-corrected chi connectivity index (χ2v) is 5.20. The van der Waals surface area contributed by atoms with Gasteiger partial charge in [-0.2, -0.15) is 11.8 Å². The van der Waals surface area contributed by atoms with E-state index in [9.17, 15) is 9.90 Å². The van der Waals surface area contributed by atoms with Crippen LogP contribution in [0.25, 0.3) is 0 Å². The molecule has 100 valence electrons. The molecule has 0 spiro atoms. The summed E-state index contributed by atoms with van der Waals surface area (Å²) in [4.78, 5) is 15.0. The van der Waals surface area contributed by atoms with Gasteiger partial charge in [0.2, 0.25) is 0 Å². The zero-order valence-corrected chi connectivity index (χ0v) is 11.3. The average Bonchev–Trinajstić information content (AvgIpc) is 2.29. The molecule has 0 radical (unpaired) electrons. The van der Waals surface area contributed by atoms with Gasteiger partial charge in [-0.15, -0.1) is 0 Å². The molecule has 0 aromatic carbocycles. The van der Waals surface area contributed by atoms with Crippen molar-refractivity contribution in [3.8, 4) is 0 Å². The molecule has 1 aromatic heterocycles. The summed E-state index contributed by atoms with van der Waals surface area (Å²) in [5.74, 6) is -0.371. The van der Waals surface area contributed by atoms with Crippen LogP contribution >= 0.6 is 11.8 Å². The summed E-state index contributed by atoms with van der Waals surface area (Å²) in [6, 6.07) is 3.11. The Morgan fingerprint density at radius 1 is 1.61 bits per heavy atom. The van der Waals surface area contributed by atoms with Crippen LogP contribution in [-0.4, -0.2) is 45.3 Å². The third kappa shape index (κ3) is 4.64. The number of nitrogens with zero attached hydrogens (tertiary/aromatic N) is 1. The fraction of sp³-hybridized carbons (Fsp3) is 0.500. The topological polar surface area (TPSA) is 82.5 Å². The SMILES string of the molecule is CSCC(C)(O)CNCc1ncccc1C(=O)O. The Morgan fingerprint density at radius 3 is 2.94 bits per heavy atom. The number of hydrogen-bond acceptors (Lipinski definition) is 5. The second kappa shape index (κ2) is 6.72. The minimum atomic E-state index is -0.990. The maximum absolute atomic E-state index is 11.0. The molecular weight excluding hydrogens is 252 g/mol. The van der Waals surface area contributed by atoms with Crippen LogP contribution in [0, 0.1) is 0 Å². The molecule has 0 aliphatic carbocycles. The molecule has 0 amide bonds. The van der Waals surface area contributed by atoms with Crippen molar-refractivity contribution in [2.45, 2.75) is 19.1 Å². The molecule has 3 N–H and O–H groups in total. The fourth-order valence-electron chi connectivity index (χ4n) is 1.59. The monoisotopic (exact) mass is 270 g/mol. The van der Waals surface area contributed by atoms with Gasteiger partial charge in [-0.1, -0.05) is 0 Å². The third-order valence-corrected chi connectivity index (χ3v) is 3.28. The van der Waals surface area contributed by atoms with Gasteiger partial charge in [0.25, 0.3) is 0 Å². The molecule has 1 aromatic rings. The summed E-state index contributed by atoms with van der Waals surface area (Å²) in [5, 5.41) is 22.0. The van der Waals surface area contributed by atoms with E-state index in [1.54, 1.807) is 30.9 Å². The van der Waals surface area contributed by atoms with Crippen LogP contribution in [0.4, 0.5) is 0 Å². The molecule has 1 heterocycles. The first kappa shape index (κ1) is 14.9. The number of aromatic nitrogens is 1. The number of nitrogens with one attached hydrogen (secondary N) is 1. The highest BCUT2D eigenvalue weighted by Gasteiger charge is 2.19. The van der Waals surface area contributed by atoms with Crippen molar-refractivity contribution >= 4 is 17.7 Å². The minimum absolute atomic E-state index is 0.189. The van der Waals surface area contributed by atoms with Gasteiger partial charge in [0, 0.05) is 25.0 Å². The first-order valence-corrected chi connectivity index (χ1v) is 6.95. The maximum atomic E-state index is 11.0. The molecule has 0 aliphatic heterocycles. The number of thioether (sulfide) groups is 1. The lowest BCUT2D eigenvalue weighted by atomic mass is 10.1. The Hall–Kier alpha value is -1.11. The lowest BCUT2D eigenvalue weighted by molar-refractivity contribution is 0.0694. The van der Waals surface area contributed by atoms with Crippen LogP contribution in [0.2, 0.25) is 0 Å². The number of pyridine rings is 1. The molecule has 1 unspecified atom stereocenters. The Bertz CT molecular complexity index is 410. The van der Waals surface area contributed by atoms with Gasteiger partial charge in [-0.05, 0) is 25.3 Å². The fourth-order valence-corrected chi connectivity index (χ4v) is 2.31. The quantitative estimate of drug-likeness (QED) is 0.685. The molecule has 0 bridgehead atoms. The minimum Gasteiger partial charge on any atom is -0.478 e. The van der Waals surface area contributed by atoms with Crippen LogP contribution in [-0.2, 0) is 6.54 Å². The Kier molecular flexibility index (Phi) is 5.58. The summed E-state index contributed by atoms with van der Waals surface area (Å²) in [7, 11) is 0. The summed E-state index contributed by atoms with van der Waals surface area (Å²) < 4.78 is 0. The first-order chi connectivity index (χ1) is 8.46. The van der Waals surface area contributed by atoms with Gasteiger partial charge in [-0.25, -0.2) is 4.79 Å². The standard InChI is InChI=1S/C12H18N2O3S/c1-12(17,8-18-2)7-13-6-10-9(11(15)16)4-3-5-14-10/h3-5,13,17H,6-8H2,1-2H3,(H,15,16). The molecule has 18 heavy (non-hydrogen) atoms. The molecule has 0 saturated heterocycles. The summed E-state index contributed by atoms with van der Waals surface area (Å²) in [6.07, 6.45) is 3.49. The predicted octanol–water partition coefficient (Wildman–Crippen LogP) is 0.983. The maximum Gasteiger partial charge on any atom is 0.337 e. The lowest BCUT2D eigenvalue weighted by Crippen LogP contribution is -2.40. The van der Waals surface area contributed by atoms with Crippen LogP contribution in [0.5, 0.6) is 0 Å². The summed E-state index contributed by atoms with van der Waals surface area (Å²) in [6.45, 7) is 2.46. The number of aromatic carboxylic acids is 1. The van der Waals surface area contributed by atoms with Crippen molar-refractivity contribution in [2.75, 3.05) is 18.6 Å².